The van der Waals surface area contributed by atoms with E-state index in [9.17, 15) is 4.79 Å². The molecule has 3 rings (SSSR count). The zero-order chi connectivity index (χ0) is 17.5. The molecule has 1 unspecified atom stereocenters. The van der Waals surface area contributed by atoms with Gasteiger partial charge in [-0.15, -0.1) is 5.92 Å². The van der Waals surface area contributed by atoms with Crippen LogP contribution in [-0.4, -0.2) is 24.0 Å². The van der Waals surface area contributed by atoms with Gasteiger partial charge in [-0.3, -0.25) is 9.78 Å². The van der Waals surface area contributed by atoms with E-state index in [2.05, 4.69) is 16.8 Å². The molecule has 25 heavy (non-hydrogen) atoms. The highest BCUT2D eigenvalue weighted by molar-refractivity contribution is 6.06. The molecule has 2 aliphatic rings. The maximum atomic E-state index is 12.3. The van der Waals surface area contributed by atoms with E-state index in [0.717, 1.165) is 23.6 Å². The lowest BCUT2D eigenvalue weighted by molar-refractivity contribution is -0.111. The number of ether oxygens (including phenoxy) is 2. The molecule has 0 radical (unpaired) electrons. The van der Waals surface area contributed by atoms with Crippen molar-refractivity contribution in [3.8, 4) is 11.8 Å². The highest BCUT2D eigenvalue weighted by atomic mass is 16.5. The first-order valence-corrected chi connectivity index (χ1v) is 8.17. The number of hydrogen-bond acceptors (Lipinski definition) is 4. The molecule has 0 saturated heterocycles. The minimum absolute atomic E-state index is 0.0473. The number of allylic oxidation sites excluding steroid dienone is 4. The number of pyridine rings is 1. The van der Waals surface area contributed by atoms with Gasteiger partial charge in [0.1, 0.15) is 24.7 Å². The number of aromatic nitrogens is 1. The Kier molecular flexibility index (Phi) is 5.48. The van der Waals surface area contributed by atoms with Gasteiger partial charge in [-0.1, -0.05) is 18.1 Å². The summed E-state index contributed by atoms with van der Waals surface area (Å²) >= 11 is 0. The van der Waals surface area contributed by atoms with Crippen molar-refractivity contribution in [2.45, 2.75) is 13.3 Å². The quantitative estimate of drug-likeness (QED) is 0.612. The molecule has 0 saturated carbocycles. The van der Waals surface area contributed by atoms with Crippen molar-refractivity contribution < 1.29 is 14.3 Å². The van der Waals surface area contributed by atoms with Crippen LogP contribution in [0.1, 0.15) is 19.0 Å². The zero-order valence-corrected chi connectivity index (χ0v) is 14.1. The average Bonchev–Trinajstić information content (AvgIpc) is 2.66. The number of hydrogen-bond donors (Lipinski definition) is 0. The van der Waals surface area contributed by atoms with Crippen LogP contribution in [0.2, 0.25) is 0 Å². The molecule has 0 aromatic carbocycles. The normalized spacial score (nSPS) is 18.8. The summed E-state index contributed by atoms with van der Waals surface area (Å²) in [6, 6.07) is 5.58. The molecule has 0 amide bonds. The van der Waals surface area contributed by atoms with E-state index < -0.39 is 0 Å². The smallest absolute Gasteiger partial charge is 0.185 e. The Balaban J connectivity index is 1.63. The van der Waals surface area contributed by atoms with Crippen molar-refractivity contribution >= 4 is 11.9 Å². The second-order valence-electron chi connectivity index (χ2n) is 5.64. The van der Waals surface area contributed by atoms with Gasteiger partial charge in [0.25, 0.3) is 0 Å². The number of rotatable bonds is 5. The van der Waals surface area contributed by atoms with Gasteiger partial charge >= 0.3 is 0 Å². The summed E-state index contributed by atoms with van der Waals surface area (Å²) in [5.74, 6) is 7.31. The molecule has 4 heteroatoms. The van der Waals surface area contributed by atoms with Crippen LogP contribution in [0.3, 0.4) is 0 Å². The maximum absolute atomic E-state index is 12.3. The van der Waals surface area contributed by atoms with E-state index in [-0.39, 0.29) is 18.3 Å². The largest absolute Gasteiger partial charge is 0.492 e. The van der Waals surface area contributed by atoms with Crippen molar-refractivity contribution in [2.24, 2.45) is 5.92 Å². The van der Waals surface area contributed by atoms with Crippen LogP contribution >= 0.6 is 0 Å². The molecule has 0 N–H and O–H groups in total. The highest BCUT2D eigenvalue weighted by Crippen LogP contribution is 2.31. The van der Waals surface area contributed by atoms with Crippen molar-refractivity contribution in [1.29, 1.82) is 0 Å². The number of nitrogens with zero attached hydrogens (tertiary/aromatic N) is 1. The van der Waals surface area contributed by atoms with E-state index in [0.29, 0.717) is 12.2 Å². The third-order valence-electron chi connectivity index (χ3n) is 3.92. The van der Waals surface area contributed by atoms with Gasteiger partial charge in [0, 0.05) is 23.8 Å². The van der Waals surface area contributed by atoms with Crippen LogP contribution in [0.15, 0.2) is 65.8 Å². The molecule has 126 valence electrons. The fraction of sp³-hybridized carbons (Fsp3) is 0.238. The van der Waals surface area contributed by atoms with Crippen LogP contribution in [-0.2, 0) is 14.3 Å². The minimum Gasteiger partial charge on any atom is -0.492 e. The summed E-state index contributed by atoms with van der Waals surface area (Å²) in [4.78, 5) is 16.5. The summed E-state index contributed by atoms with van der Waals surface area (Å²) in [5.41, 5.74) is 1.43. The third-order valence-corrected chi connectivity index (χ3v) is 3.92. The Morgan fingerprint density at radius 1 is 1.48 bits per heavy atom. The summed E-state index contributed by atoms with van der Waals surface area (Å²) in [7, 11) is 0. The van der Waals surface area contributed by atoms with Crippen molar-refractivity contribution in [1.82, 2.24) is 4.98 Å². The van der Waals surface area contributed by atoms with Crippen LogP contribution in [0, 0.1) is 17.8 Å². The lowest BCUT2D eigenvalue weighted by Gasteiger charge is -2.26. The molecular formula is C21H19NO3. The van der Waals surface area contributed by atoms with Crippen LogP contribution in [0.25, 0.3) is 6.08 Å². The van der Waals surface area contributed by atoms with Crippen molar-refractivity contribution in [3.63, 3.8) is 0 Å². The zero-order valence-electron chi connectivity index (χ0n) is 14.1. The second-order valence-corrected chi connectivity index (χ2v) is 5.64. The average molecular weight is 333 g/mol. The van der Waals surface area contributed by atoms with Crippen LogP contribution in [0.4, 0.5) is 0 Å². The Bertz CT molecular complexity index is 820. The van der Waals surface area contributed by atoms with E-state index in [1.165, 1.54) is 0 Å². The molecule has 2 heterocycles. The Morgan fingerprint density at radius 2 is 2.40 bits per heavy atom. The van der Waals surface area contributed by atoms with Crippen LogP contribution < -0.4 is 0 Å². The first kappa shape index (κ1) is 16.8. The summed E-state index contributed by atoms with van der Waals surface area (Å²) in [6.45, 7) is 2.42. The fourth-order valence-corrected chi connectivity index (χ4v) is 2.60. The maximum Gasteiger partial charge on any atom is 0.185 e. The molecule has 1 aromatic heterocycles. The first-order valence-electron chi connectivity index (χ1n) is 8.17. The number of ketones is 1. The minimum atomic E-state index is -0.0473. The predicted molar refractivity (Wildman–Crippen MR) is 96.0 cm³/mol. The van der Waals surface area contributed by atoms with Gasteiger partial charge in [0.15, 0.2) is 5.78 Å². The molecule has 1 aliphatic carbocycles. The highest BCUT2D eigenvalue weighted by Gasteiger charge is 2.25. The summed E-state index contributed by atoms with van der Waals surface area (Å²) in [6.07, 6.45) is 11.6. The van der Waals surface area contributed by atoms with Gasteiger partial charge in [0.05, 0.1) is 5.69 Å². The standard InChI is InChI=1S/C21H19NO3/c1-2-3-12-24-19-9-7-16-13-17(15-25-21(16)14-19)20(23)10-8-18-6-4-5-11-22-18/h4-6,8-11,13-14,16H,7,12,15H2,1H3/b10-8+. The SMILES string of the molecule is CC#CCOC1=CCC2C=C(C(=O)/C=C/c3ccccn3)COC2=C1. The fourth-order valence-electron chi connectivity index (χ4n) is 2.60. The Hall–Kier alpha value is -3.06. The number of carbonyl (C=O) groups excluding carboxylic acids is 1. The van der Waals surface area contributed by atoms with Gasteiger partial charge in [0.2, 0.25) is 0 Å². The van der Waals surface area contributed by atoms with Gasteiger partial charge in [-0.2, -0.15) is 0 Å². The monoisotopic (exact) mass is 333 g/mol. The Morgan fingerprint density at radius 3 is 3.20 bits per heavy atom. The number of fused-ring (bicyclic) bond motifs is 1. The molecular weight excluding hydrogens is 314 g/mol. The van der Waals surface area contributed by atoms with E-state index in [1.807, 2.05) is 36.4 Å². The number of carbonyl (C=O) groups is 1. The van der Waals surface area contributed by atoms with Gasteiger partial charge in [-0.05, 0) is 43.7 Å². The molecule has 1 atom stereocenters. The van der Waals surface area contributed by atoms with Crippen molar-refractivity contribution in [2.75, 3.05) is 13.2 Å². The second kappa shape index (κ2) is 8.16. The topological polar surface area (TPSA) is 48.4 Å². The van der Waals surface area contributed by atoms with E-state index in [4.69, 9.17) is 9.47 Å². The molecule has 4 nitrogen and oxygen atoms in total. The Labute approximate surface area is 147 Å². The molecule has 1 aromatic rings. The molecule has 1 aliphatic heterocycles. The van der Waals surface area contributed by atoms with Gasteiger partial charge < -0.3 is 9.47 Å². The first-order chi connectivity index (χ1) is 12.3. The van der Waals surface area contributed by atoms with E-state index >= 15 is 0 Å². The van der Waals surface area contributed by atoms with E-state index in [1.54, 1.807) is 25.3 Å². The summed E-state index contributed by atoms with van der Waals surface area (Å²) in [5, 5.41) is 0. The third kappa shape index (κ3) is 4.48. The predicted octanol–water partition coefficient (Wildman–Crippen LogP) is 3.45. The summed E-state index contributed by atoms with van der Waals surface area (Å²) < 4.78 is 11.3. The van der Waals surface area contributed by atoms with Crippen molar-refractivity contribution in [3.05, 3.63) is 71.5 Å². The van der Waals surface area contributed by atoms with Crippen LogP contribution in [0.5, 0.6) is 0 Å². The van der Waals surface area contributed by atoms with Gasteiger partial charge in [-0.25, -0.2) is 0 Å². The lowest BCUT2D eigenvalue weighted by Crippen LogP contribution is -2.20. The molecule has 0 bridgehead atoms. The molecule has 0 spiro atoms. The lowest BCUT2D eigenvalue weighted by atomic mass is 9.92. The molecule has 0 fully saturated rings.